The van der Waals surface area contributed by atoms with Crippen LogP contribution in [0.15, 0.2) is 41.4 Å². The fourth-order valence-electron chi connectivity index (χ4n) is 1.81. The lowest BCUT2D eigenvalue weighted by atomic mass is 10.2. The normalized spacial score (nSPS) is 10.9. The molecule has 0 saturated heterocycles. The number of rotatable bonds is 6. The molecular weight excluding hydrogens is 321 g/mol. The van der Waals surface area contributed by atoms with Crippen LogP contribution in [0.3, 0.4) is 0 Å². The fraction of sp³-hybridized carbons (Fsp3) is 0.235. The van der Waals surface area contributed by atoms with Crippen LogP contribution in [0.4, 0.5) is 5.69 Å². The second-order valence-electron chi connectivity index (χ2n) is 4.62. The predicted octanol–water partition coefficient (Wildman–Crippen LogP) is 5.54. The van der Waals surface area contributed by atoms with Crippen molar-refractivity contribution < 1.29 is 9.47 Å². The van der Waals surface area contributed by atoms with Crippen molar-refractivity contribution in [3.63, 3.8) is 0 Å². The van der Waals surface area contributed by atoms with E-state index in [0.29, 0.717) is 22.4 Å². The van der Waals surface area contributed by atoms with Crippen molar-refractivity contribution in [2.24, 2.45) is 4.99 Å². The number of hydrogen-bond acceptors (Lipinski definition) is 3. The van der Waals surface area contributed by atoms with Crippen molar-refractivity contribution in [2.75, 3.05) is 13.7 Å². The average Bonchev–Trinajstić information content (AvgIpc) is 2.52. The molecule has 2 aromatic rings. The van der Waals surface area contributed by atoms with Crippen molar-refractivity contribution in [1.82, 2.24) is 0 Å². The summed E-state index contributed by atoms with van der Waals surface area (Å²) in [7, 11) is 1.63. The van der Waals surface area contributed by atoms with Crippen LogP contribution in [-0.4, -0.2) is 19.9 Å². The molecule has 0 aliphatic rings. The first kappa shape index (κ1) is 16.7. The Hall–Kier alpha value is -1.71. The van der Waals surface area contributed by atoms with Gasteiger partial charge in [-0.2, -0.15) is 0 Å². The molecule has 0 heterocycles. The third-order valence-electron chi connectivity index (χ3n) is 2.91. The van der Waals surface area contributed by atoms with E-state index < -0.39 is 0 Å². The molecule has 0 N–H and O–H groups in total. The lowest BCUT2D eigenvalue weighted by Gasteiger charge is -2.09. The number of halogens is 2. The van der Waals surface area contributed by atoms with Gasteiger partial charge < -0.3 is 9.47 Å². The van der Waals surface area contributed by atoms with E-state index in [-0.39, 0.29) is 0 Å². The van der Waals surface area contributed by atoms with E-state index in [1.807, 2.05) is 31.2 Å². The first-order chi connectivity index (χ1) is 10.6. The summed E-state index contributed by atoms with van der Waals surface area (Å²) in [6, 6.07) is 11.0. The van der Waals surface area contributed by atoms with Gasteiger partial charge in [0, 0.05) is 6.21 Å². The Kier molecular flexibility index (Phi) is 6.10. The van der Waals surface area contributed by atoms with Gasteiger partial charge in [-0.3, -0.25) is 4.99 Å². The number of nitrogens with zero attached hydrogens (tertiary/aromatic N) is 1. The van der Waals surface area contributed by atoms with Gasteiger partial charge in [-0.15, -0.1) is 0 Å². The summed E-state index contributed by atoms with van der Waals surface area (Å²) in [6.45, 7) is 2.61. The monoisotopic (exact) mass is 337 g/mol. The van der Waals surface area contributed by atoms with Crippen LogP contribution in [0, 0.1) is 0 Å². The number of hydrogen-bond donors (Lipinski definition) is 0. The number of benzene rings is 2. The van der Waals surface area contributed by atoms with Crippen LogP contribution in [0.5, 0.6) is 11.5 Å². The summed E-state index contributed by atoms with van der Waals surface area (Å²) in [4.78, 5) is 4.39. The molecule has 2 rings (SSSR count). The van der Waals surface area contributed by atoms with Gasteiger partial charge >= 0.3 is 0 Å². The maximum Gasteiger partial charge on any atom is 0.156 e. The molecule has 0 aromatic heterocycles. The summed E-state index contributed by atoms with van der Waals surface area (Å²) in [5, 5.41) is 0.967. The summed E-state index contributed by atoms with van der Waals surface area (Å²) in [6.07, 6.45) is 2.61. The van der Waals surface area contributed by atoms with Crippen LogP contribution in [-0.2, 0) is 0 Å². The third kappa shape index (κ3) is 4.39. The van der Waals surface area contributed by atoms with E-state index in [0.717, 1.165) is 23.4 Å². The predicted molar refractivity (Wildman–Crippen MR) is 92.5 cm³/mol. The molecular formula is C17H17Cl2NO2. The van der Waals surface area contributed by atoms with Crippen LogP contribution >= 0.6 is 23.2 Å². The topological polar surface area (TPSA) is 30.8 Å². The van der Waals surface area contributed by atoms with Crippen LogP contribution in [0.2, 0.25) is 10.0 Å². The highest BCUT2D eigenvalue weighted by molar-refractivity contribution is 6.37. The van der Waals surface area contributed by atoms with E-state index in [1.165, 1.54) is 0 Å². The highest BCUT2D eigenvalue weighted by Gasteiger charge is 2.08. The summed E-state index contributed by atoms with van der Waals surface area (Å²) in [5.74, 6) is 1.31. The van der Waals surface area contributed by atoms with Gasteiger partial charge in [-0.25, -0.2) is 0 Å². The molecule has 116 valence electrons. The molecule has 0 radical (unpaired) electrons. The molecule has 22 heavy (non-hydrogen) atoms. The van der Waals surface area contributed by atoms with Crippen LogP contribution < -0.4 is 9.47 Å². The van der Waals surface area contributed by atoms with Gasteiger partial charge in [0.1, 0.15) is 5.75 Å². The molecule has 0 bridgehead atoms. The fourth-order valence-corrected chi connectivity index (χ4v) is 2.43. The van der Waals surface area contributed by atoms with Crippen molar-refractivity contribution >= 4 is 35.1 Å². The zero-order chi connectivity index (χ0) is 15.9. The van der Waals surface area contributed by atoms with E-state index in [1.54, 1.807) is 25.5 Å². The lowest BCUT2D eigenvalue weighted by Crippen LogP contribution is -1.97. The Labute approximate surface area is 140 Å². The summed E-state index contributed by atoms with van der Waals surface area (Å²) >= 11 is 12.4. The maximum absolute atomic E-state index is 6.20. The van der Waals surface area contributed by atoms with Crippen molar-refractivity contribution in [1.29, 1.82) is 0 Å². The second kappa shape index (κ2) is 8.06. The molecule has 0 spiro atoms. The van der Waals surface area contributed by atoms with E-state index >= 15 is 0 Å². The average molecular weight is 338 g/mol. The molecule has 0 unspecified atom stereocenters. The highest BCUT2D eigenvalue weighted by atomic mass is 35.5. The standard InChI is InChI=1S/C17H17Cl2NO2/c1-3-8-22-17-15(18)9-12(10-16(17)19)11-20-13-4-6-14(21-2)7-5-13/h4-7,9-11H,3,8H2,1-2H3. The lowest BCUT2D eigenvalue weighted by molar-refractivity contribution is 0.318. The smallest absolute Gasteiger partial charge is 0.156 e. The van der Waals surface area contributed by atoms with Gasteiger partial charge in [0.25, 0.3) is 0 Å². The number of aliphatic imine (C=N–C) groups is 1. The summed E-state index contributed by atoms with van der Waals surface area (Å²) in [5.41, 5.74) is 1.63. The van der Waals surface area contributed by atoms with Crippen molar-refractivity contribution in [3.05, 3.63) is 52.0 Å². The van der Waals surface area contributed by atoms with Crippen molar-refractivity contribution in [2.45, 2.75) is 13.3 Å². The quantitative estimate of drug-likeness (QED) is 0.647. The highest BCUT2D eigenvalue weighted by Crippen LogP contribution is 2.34. The summed E-state index contributed by atoms with van der Waals surface area (Å²) < 4.78 is 10.6. The van der Waals surface area contributed by atoms with Gasteiger partial charge in [-0.1, -0.05) is 30.1 Å². The van der Waals surface area contributed by atoms with Gasteiger partial charge in [-0.05, 0) is 48.4 Å². The van der Waals surface area contributed by atoms with Gasteiger partial charge in [0.15, 0.2) is 5.75 Å². The molecule has 2 aromatic carbocycles. The Morgan fingerprint density at radius 1 is 1.09 bits per heavy atom. The molecule has 5 heteroatoms. The van der Waals surface area contributed by atoms with E-state index in [4.69, 9.17) is 32.7 Å². The minimum atomic E-state index is 0.483. The van der Waals surface area contributed by atoms with Gasteiger partial charge in [0.2, 0.25) is 0 Å². The Bertz CT molecular complexity index is 631. The largest absolute Gasteiger partial charge is 0.497 e. The number of ether oxygens (including phenoxy) is 2. The molecule has 0 saturated carbocycles. The zero-order valence-corrected chi connectivity index (χ0v) is 14.0. The maximum atomic E-state index is 6.20. The SMILES string of the molecule is CCCOc1c(Cl)cc(C=Nc2ccc(OC)cc2)cc1Cl. The first-order valence-electron chi connectivity index (χ1n) is 6.94. The first-order valence-corrected chi connectivity index (χ1v) is 7.69. The Balaban J connectivity index is 2.16. The minimum absolute atomic E-state index is 0.483. The molecule has 0 fully saturated rings. The second-order valence-corrected chi connectivity index (χ2v) is 5.43. The van der Waals surface area contributed by atoms with Crippen LogP contribution in [0.25, 0.3) is 0 Å². The molecule has 0 aliphatic heterocycles. The van der Waals surface area contributed by atoms with Crippen molar-refractivity contribution in [3.8, 4) is 11.5 Å². The van der Waals surface area contributed by atoms with Crippen LogP contribution in [0.1, 0.15) is 18.9 Å². The van der Waals surface area contributed by atoms with E-state index in [2.05, 4.69) is 4.99 Å². The molecule has 0 atom stereocenters. The Morgan fingerprint density at radius 3 is 2.27 bits per heavy atom. The van der Waals surface area contributed by atoms with Gasteiger partial charge in [0.05, 0.1) is 29.4 Å². The zero-order valence-electron chi connectivity index (χ0n) is 12.5. The molecule has 0 amide bonds. The minimum Gasteiger partial charge on any atom is -0.497 e. The third-order valence-corrected chi connectivity index (χ3v) is 3.47. The number of methoxy groups -OCH3 is 1. The Morgan fingerprint density at radius 2 is 1.73 bits per heavy atom. The van der Waals surface area contributed by atoms with E-state index in [9.17, 15) is 0 Å². The molecule has 0 aliphatic carbocycles. The molecule has 3 nitrogen and oxygen atoms in total.